The topological polar surface area (TPSA) is 68.4 Å². The molecule has 1 heterocycles. The average Bonchev–Trinajstić information content (AvgIpc) is 2.19. The van der Waals surface area contributed by atoms with Gasteiger partial charge in [-0.2, -0.15) is 0 Å². The largest absolute Gasteiger partial charge is 0.383 e. The Bertz CT molecular complexity index is 489. The third-order valence-corrected chi connectivity index (χ3v) is 2.01. The molecule has 0 spiro atoms. The molecule has 86 valence electrons. The van der Waals surface area contributed by atoms with Gasteiger partial charge in [-0.05, 0) is 18.3 Å². The summed E-state index contributed by atoms with van der Waals surface area (Å²) in [5.74, 6) is 0. The van der Waals surface area contributed by atoms with Crippen molar-refractivity contribution in [2.75, 3.05) is 14.1 Å². The van der Waals surface area contributed by atoms with Gasteiger partial charge in [0.15, 0.2) is 0 Å². The van der Waals surface area contributed by atoms with Crippen molar-refractivity contribution < 1.29 is 4.92 Å². The van der Waals surface area contributed by atoms with Crippen molar-refractivity contribution in [1.29, 1.82) is 0 Å². The molecule has 16 heavy (non-hydrogen) atoms. The van der Waals surface area contributed by atoms with Gasteiger partial charge in [0.05, 0.1) is 10.5 Å². The molecule has 0 N–H and O–H groups in total. The molecular weight excluding hydrogens is 210 g/mol. The maximum atomic E-state index is 11.5. The second kappa shape index (κ2) is 4.61. The zero-order valence-electron chi connectivity index (χ0n) is 9.38. The van der Waals surface area contributed by atoms with Crippen LogP contribution in [-0.4, -0.2) is 28.5 Å². The summed E-state index contributed by atoms with van der Waals surface area (Å²) in [6, 6.07) is 1.54. The molecule has 0 aromatic carbocycles. The van der Waals surface area contributed by atoms with E-state index < -0.39 is 16.2 Å². The zero-order valence-corrected chi connectivity index (χ0v) is 9.38. The standard InChI is InChI=1S/C10H13N3O3/c1-11(2)6-4-8-5-7-12(3)10(14)9(8)13(15)16/h4-7H,1-3H3/b6-4-. The van der Waals surface area contributed by atoms with Crippen LogP contribution in [0.5, 0.6) is 0 Å². The number of hydrogen-bond donors (Lipinski definition) is 0. The van der Waals surface area contributed by atoms with Crippen LogP contribution in [0.2, 0.25) is 0 Å². The van der Waals surface area contributed by atoms with Crippen molar-refractivity contribution in [2.45, 2.75) is 0 Å². The van der Waals surface area contributed by atoms with Crippen LogP contribution in [-0.2, 0) is 7.05 Å². The lowest BCUT2D eigenvalue weighted by Crippen LogP contribution is -2.20. The second-order valence-corrected chi connectivity index (χ2v) is 3.57. The summed E-state index contributed by atoms with van der Waals surface area (Å²) in [7, 11) is 5.07. The highest BCUT2D eigenvalue weighted by molar-refractivity contribution is 5.59. The summed E-state index contributed by atoms with van der Waals surface area (Å²) >= 11 is 0. The summed E-state index contributed by atoms with van der Waals surface area (Å²) in [5.41, 5.74) is -0.698. The Kier molecular flexibility index (Phi) is 3.44. The van der Waals surface area contributed by atoms with E-state index in [1.165, 1.54) is 17.8 Å². The van der Waals surface area contributed by atoms with Crippen LogP contribution in [0.3, 0.4) is 0 Å². The van der Waals surface area contributed by atoms with Crippen LogP contribution in [0.4, 0.5) is 5.69 Å². The fourth-order valence-electron chi connectivity index (χ4n) is 1.18. The Labute approximate surface area is 92.6 Å². The van der Waals surface area contributed by atoms with Gasteiger partial charge >= 0.3 is 11.2 Å². The molecule has 0 aliphatic carbocycles. The molecule has 6 heteroatoms. The Hall–Kier alpha value is -2.11. The molecule has 0 saturated carbocycles. The van der Waals surface area contributed by atoms with Gasteiger partial charge in [-0.3, -0.25) is 14.9 Å². The average molecular weight is 223 g/mol. The van der Waals surface area contributed by atoms with Crippen LogP contribution >= 0.6 is 0 Å². The van der Waals surface area contributed by atoms with Gasteiger partial charge in [-0.15, -0.1) is 0 Å². The number of aromatic nitrogens is 1. The highest BCUT2D eigenvalue weighted by Crippen LogP contribution is 2.14. The first-order valence-corrected chi connectivity index (χ1v) is 4.62. The van der Waals surface area contributed by atoms with E-state index in [2.05, 4.69) is 0 Å². The molecule has 6 nitrogen and oxygen atoms in total. The van der Waals surface area contributed by atoms with Gasteiger partial charge in [0, 0.05) is 27.3 Å². The molecule has 0 atom stereocenters. The van der Waals surface area contributed by atoms with E-state index in [4.69, 9.17) is 0 Å². The second-order valence-electron chi connectivity index (χ2n) is 3.57. The van der Waals surface area contributed by atoms with Crippen molar-refractivity contribution >= 4 is 11.8 Å². The lowest BCUT2D eigenvalue weighted by molar-refractivity contribution is -0.386. The highest BCUT2D eigenvalue weighted by Gasteiger charge is 2.18. The van der Waals surface area contributed by atoms with Crippen LogP contribution in [0.15, 0.2) is 23.3 Å². The van der Waals surface area contributed by atoms with Crippen LogP contribution in [0.1, 0.15) is 5.56 Å². The molecule has 1 aromatic rings. The number of hydrogen-bond acceptors (Lipinski definition) is 4. The first kappa shape index (κ1) is 12.0. The van der Waals surface area contributed by atoms with E-state index in [-0.39, 0.29) is 0 Å². The van der Waals surface area contributed by atoms with Crippen LogP contribution < -0.4 is 5.56 Å². The third kappa shape index (κ3) is 2.47. The predicted molar refractivity (Wildman–Crippen MR) is 61.1 cm³/mol. The molecule has 0 aliphatic rings. The summed E-state index contributed by atoms with van der Waals surface area (Å²) in [4.78, 5) is 23.4. The normalized spacial score (nSPS) is 10.7. The van der Waals surface area contributed by atoms with Crippen molar-refractivity contribution in [3.63, 3.8) is 0 Å². The molecule has 0 unspecified atom stereocenters. The van der Waals surface area contributed by atoms with E-state index in [0.717, 1.165) is 0 Å². The van der Waals surface area contributed by atoms with Crippen molar-refractivity contribution in [3.05, 3.63) is 44.5 Å². The molecule has 0 aliphatic heterocycles. The van der Waals surface area contributed by atoms with Gasteiger partial charge in [0.1, 0.15) is 0 Å². The Balaban J connectivity index is 3.35. The lowest BCUT2D eigenvalue weighted by atomic mass is 10.2. The first-order valence-electron chi connectivity index (χ1n) is 4.62. The smallest absolute Gasteiger partial charge is 0.341 e. The minimum atomic E-state index is -0.655. The fraction of sp³-hybridized carbons (Fsp3) is 0.300. The van der Waals surface area contributed by atoms with Crippen LogP contribution in [0.25, 0.3) is 6.08 Å². The van der Waals surface area contributed by atoms with Gasteiger partial charge in [0.25, 0.3) is 0 Å². The monoisotopic (exact) mass is 223 g/mol. The van der Waals surface area contributed by atoms with Crippen molar-refractivity contribution in [1.82, 2.24) is 9.47 Å². The Morgan fingerprint density at radius 3 is 2.62 bits per heavy atom. The predicted octanol–water partition coefficient (Wildman–Crippen LogP) is 0.826. The van der Waals surface area contributed by atoms with Gasteiger partial charge in [-0.25, -0.2) is 0 Å². The van der Waals surface area contributed by atoms with E-state index in [9.17, 15) is 14.9 Å². The number of nitrogens with zero attached hydrogens (tertiary/aromatic N) is 3. The van der Waals surface area contributed by atoms with E-state index in [1.54, 1.807) is 37.3 Å². The number of nitro groups is 1. The van der Waals surface area contributed by atoms with Crippen molar-refractivity contribution in [3.8, 4) is 0 Å². The fourth-order valence-corrected chi connectivity index (χ4v) is 1.18. The minimum Gasteiger partial charge on any atom is -0.383 e. The first-order chi connectivity index (χ1) is 7.43. The minimum absolute atomic E-state index is 0.307. The van der Waals surface area contributed by atoms with Crippen molar-refractivity contribution in [2.24, 2.45) is 7.05 Å². The maximum absolute atomic E-state index is 11.5. The summed E-state index contributed by atoms with van der Waals surface area (Å²) in [6.45, 7) is 0. The Morgan fingerprint density at radius 1 is 1.50 bits per heavy atom. The molecule has 1 aromatic heterocycles. The molecule has 0 fully saturated rings. The van der Waals surface area contributed by atoms with E-state index in [0.29, 0.717) is 5.56 Å². The summed E-state index contributed by atoms with van der Waals surface area (Å²) in [6.07, 6.45) is 4.70. The molecule has 0 saturated heterocycles. The van der Waals surface area contributed by atoms with Gasteiger partial charge in [0.2, 0.25) is 0 Å². The number of pyridine rings is 1. The zero-order chi connectivity index (χ0) is 12.3. The van der Waals surface area contributed by atoms with Gasteiger partial charge < -0.3 is 9.47 Å². The Morgan fingerprint density at radius 2 is 2.12 bits per heavy atom. The molecule has 0 amide bonds. The van der Waals surface area contributed by atoms with Gasteiger partial charge in [-0.1, -0.05) is 0 Å². The maximum Gasteiger partial charge on any atom is 0.341 e. The number of aryl methyl sites for hydroxylation is 1. The van der Waals surface area contributed by atoms with Crippen LogP contribution in [0, 0.1) is 10.1 Å². The number of rotatable bonds is 3. The molecular formula is C10H13N3O3. The summed E-state index contributed by atoms with van der Waals surface area (Å²) in [5, 5.41) is 10.8. The molecule has 0 bridgehead atoms. The summed E-state index contributed by atoms with van der Waals surface area (Å²) < 4.78 is 1.19. The van der Waals surface area contributed by atoms with E-state index >= 15 is 0 Å². The highest BCUT2D eigenvalue weighted by atomic mass is 16.6. The molecule has 1 rings (SSSR count). The quantitative estimate of drug-likeness (QED) is 0.562. The lowest BCUT2D eigenvalue weighted by Gasteiger charge is -2.04. The molecule has 0 radical (unpaired) electrons. The SMILES string of the molecule is CN(C)/C=C\c1ccn(C)c(=O)c1[N+](=O)[O-]. The van der Waals surface area contributed by atoms with E-state index in [1.807, 2.05) is 0 Å². The third-order valence-electron chi connectivity index (χ3n) is 2.01.